The second kappa shape index (κ2) is 10.4. The van der Waals surface area contributed by atoms with Crippen LogP contribution in [-0.4, -0.2) is 35.8 Å². The Hall–Kier alpha value is -3.22. The van der Waals surface area contributed by atoms with Crippen molar-refractivity contribution in [3.05, 3.63) is 60.2 Å². The van der Waals surface area contributed by atoms with Crippen LogP contribution in [0.3, 0.4) is 0 Å². The fourth-order valence-corrected chi connectivity index (χ4v) is 6.54. The van der Waals surface area contributed by atoms with Crippen LogP contribution in [0.4, 0.5) is 9.18 Å². The molecule has 190 valence electrons. The molecule has 1 aromatic carbocycles. The van der Waals surface area contributed by atoms with Gasteiger partial charge in [0.25, 0.3) is 0 Å². The van der Waals surface area contributed by atoms with Crippen molar-refractivity contribution in [1.82, 2.24) is 10.3 Å². The SMILES string of the molecule is [2H]C([2H])([2H])C([2H])([2H])OC(=O)N[C@@H]1CC[C@@H]2[C@@H](C1)C[C@H]1C(=O)O[C@H](C)[C@H]1[C@H]2/C=C/c1ccc(-c2cccc(F)c2)cn1. The summed E-state index contributed by atoms with van der Waals surface area (Å²) in [5.74, 6) is -0.384. The van der Waals surface area contributed by atoms with E-state index in [1.807, 2.05) is 31.2 Å². The topological polar surface area (TPSA) is 77.5 Å². The van der Waals surface area contributed by atoms with Crippen molar-refractivity contribution >= 4 is 18.1 Å². The average molecular weight is 498 g/mol. The van der Waals surface area contributed by atoms with Gasteiger partial charge in [-0.05, 0) is 87.1 Å². The second-order valence-corrected chi connectivity index (χ2v) is 10.0. The maximum absolute atomic E-state index is 13.6. The van der Waals surface area contributed by atoms with E-state index in [1.165, 1.54) is 12.1 Å². The molecule has 1 aliphatic heterocycles. The lowest BCUT2D eigenvalue weighted by Gasteiger charge is -2.47. The zero-order chi connectivity index (χ0) is 29.5. The first-order chi connectivity index (χ1) is 19.3. The summed E-state index contributed by atoms with van der Waals surface area (Å²) in [5.41, 5.74) is 2.28. The van der Waals surface area contributed by atoms with E-state index in [9.17, 15) is 14.0 Å². The summed E-state index contributed by atoms with van der Waals surface area (Å²) >= 11 is 0. The standard InChI is InChI=1S/C29H33FN2O4/c1-3-35-29(34)32-23-10-11-24-20(14-23)15-26-27(17(2)36-28(26)33)25(24)12-9-22-8-7-19(16-31-22)18-5-4-6-21(30)13-18/h4-9,12-13,16-17,20,23-27H,3,10-11,14-15H2,1-2H3,(H,32,34)/b12-9+/t17-,20+,23-,24-,25+,26-,27+/m1/s1/i1D3,3D2. The minimum absolute atomic E-state index is 0.0209. The first kappa shape index (κ1) is 19.0. The van der Waals surface area contributed by atoms with E-state index >= 15 is 0 Å². The van der Waals surface area contributed by atoms with E-state index in [1.54, 1.807) is 12.3 Å². The number of benzene rings is 1. The number of halogens is 1. The minimum atomic E-state index is -3.10. The Kier molecular flexibility index (Phi) is 5.48. The lowest BCUT2D eigenvalue weighted by molar-refractivity contribution is -0.144. The molecule has 1 aromatic heterocycles. The van der Waals surface area contributed by atoms with Gasteiger partial charge in [-0.1, -0.05) is 24.3 Å². The van der Waals surface area contributed by atoms with Gasteiger partial charge in [0, 0.05) is 27.8 Å². The Morgan fingerprint density at radius 1 is 1.31 bits per heavy atom. The first-order valence-electron chi connectivity index (χ1n) is 14.9. The highest BCUT2D eigenvalue weighted by Crippen LogP contribution is 2.53. The Morgan fingerprint density at radius 3 is 2.97 bits per heavy atom. The molecule has 1 N–H and O–H groups in total. The van der Waals surface area contributed by atoms with Gasteiger partial charge in [0.2, 0.25) is 0 Å². The quantitative estimate of drug-likeness (QED) is 0.542. The number of nitrogens with one attached hydrogen (secondary N) is 1. The highest BCUT2D eigenvalue weighted by Gasteiger charge is 2.54. The highest BCUT2D eigenvalue weighted by molar-refractivity contribution is 5.75. The van der Waals surface area contributed by atoms with Gasteiger partial charge >= 0.3 is 12.1 Å². The van der Waals surface area contributed by atoms with Gasteiger partial charge < -0.3 is 14.8 Å². The summed E-state index contributed by atoms with van der Waals surface area (Å²) in [6, 6.07) is 9.77. The summed E-state index contributed by atoms with van der Waals surface area (Å²) in [6.45, 7) is -4.28. The minimum Gasteiger partial charge on any atom is -0.462 e. The number of hydrogen-bond donors (Lipinski definition) is 1. The molecule has 0 radical (unpaired) electrons. The summed E-state index contributed by atoms with van der Waals surface area (Å²) in [6.07, 6.45) is 7.00. The number of hydrogen-bond acceptors (Lipinski definition) is 5. The van der Waals surface area contributed by atoms with Crippen molar-refractivity contribution in [2.24, 2.45) is 29.6 Å². The third-order valence-electron chi connectivity index (χ3n) is 8.05. The molecule has 7 heteroatoms. The van der Waals surface area contributed by atoms with E-state index in [0.717, 1.165) is 23.2 Å². The number of rotatable bonds is 5. The van der Waals surface area contributed by atoms with Crippen LogP contribution >= 0.6 is 0 Å². The molecule has 1 saturated heterocycles. The van der Waals surface area contributed by atoms with Crippen LogP contribution in [0, 0.1) is 35.4 Å². The van der Waals surface area contributed by atoms with E-state index in [2.05, 4.69) is 21.1 Å². The van der Waals surface area contributed by atoms with E-state index < -0.39 is 19.5 Å². The number of cyclic esters (lactones) is 1. The van der Waals surface area contributed by atoms with Crippen molar-refractivity contribution in [3.8, 4) is 11.1 Å². The smallest absolute Gasteiger partial charge is 0.407 e. The number of esters is 1. The fraction of sp³-hybridized carbons (Fsp3) is 0.483. The second-order valence-electron chi connectivity index (χ2n) is 10.0. The predicted molar refractivity (Wildman–Crippen MR) is 134 cm³/mol. The molecule has 2 heterocycles. The molecule has 0 spiro atoms. The van der Waals surface area contributed by atoms with Gasteiger partial charge in [-0.3, -0.25) is 9.78 Å². The average Bonchev–Trinajstić information content (AvgIpc) is 3.18. The highest BCUT2D eigenvalue weighted by atomic mass is 19.1. The van der Waals surface area contributed by atoms with Crippen LogP contribution < -0.4 is 5.32 Å². The summed E-state index contributed by atoms with van der Waals surface area (Å²) in [7, 11) is 0. The number of alkyl carbamates (subject to hydrolysis) is 1. The van der Waals surface area contributed by atoms with Crippen molar-refractivity contribution in [2.45, 2.75) is 51.6 Å². The number of nitrogens with zero attached hydrogens (tertiary/aromatic N) is 1. The largest absolute Gasteiger partial charge is 0.462 e. The lowest BCUT2D eigenvalue weighted by atomic mass is 9.57. The number of carbonyl (C=O) groups excluding carboxylic acids is 2. The van der Waals surface area contributed by atoms with Gasteiger partial charge in [0.05, 0.1) is 20.9 Å². The lowest BCUT2D eigenvalue weighted by Crippen LogP contribution is -2.48. The molecule has 7 atom stereocenters. The van der Waals surface area contributed by atoms with Crippen LogP contribution in [-0.2, 0) is 14.3 Å². The van der Waals surface area contributed by atoms with Crippen molar-refractivity contribution < 1.29 is 30.3 Å². The Balaban J connectivity index is 1.30. The number of pyridine rings is 1. The zero-order valence-electron chi connectivity index (χ0n) is 25.0. The molecule has 5 rings (SSSR count). The molecular formula is C29H33FN2O4. The van der Waals surface area contributed by atoms with Crippen LogP contribution in [0.15, 0.2) is 48.7 Å². The molecular weight excluding hydrogens is 459 g/mol. The molecule has 3 aliphatic rings. The number of aromatic nitrogens is 1. The van der Waals surface area contributed by atoms with Crippen LogP contribution in [0.2, 0.25) is 0 Å². The van der Waals surface area contributed by atoms with E-state index in [4.69, 9.17) is 11.6 Å². The van der Waals surface area contributed by atoms with Crippen molar-refractivity contribution in [3.63, 3.8) is 0 Å². The van der Waals surface area contributed by atoms with Crippen LogP contribution in [0.1, 0.15) is 52.0 Å². The number of allylic oxidation sites excluding steroid dienone is 1. The number of fused-ring (bicyclic) bond motifs is 2. The predicted octanol–water partition coefficient (Wildman–Crippen LogP) is 5.63. The van der Waals surface area contributed by atoms with E-state index in [0.29, 0.717) is 19.3 Å². The van der Waals surface area contributed by atoms with E-state index in [-0.39, 0.29) is 53.5 Å². The summed E-state index contributed by atoms with van der Waals surface area (Å²) < 4.78 is 60.7. The first-order valence-corrected chi connectivity index (χ1v) is 12.4. The van der Waals surface area contributed by atoms with Gasteiger partial charge in [0.15, 0.2) is 0 Å². The maximum Gasteiger partial charge on any atom is 0.407 e. The molecule has 0 bridgehead atoms. The Labute approximate surface area is 218 Å². The fourth-order valence-electron chi connectivity index (χ4n) is 6.54. The molecule has 0 unspecified atom stereocenters. The van der Waals surface area contributed by atoms with Gasteiger partial charge in [0.1, 0.15) is 11.9 Å². The molecule has 36 heavy (non-hydrogen) atoms. The molecule has 3 fully saturated rings. The third kappa shape index (κ3) is 5.01. The van der Waals surface area contributed by atoms with Gasteiger partial charge in [-0.25, -0.2) is 9.18 Å². The van der Waals surface area contributed by atoms with Crippen molar-refractivity contribution in [1.29, 1.82) is 0 Å². The van der Waals surface area contributed by atoms with Gasteiger partial charge in [-0.15, -0.1) is 0 Å². The third-order valence-corrected chi connectivity index (χ3v) is 8.05. The number of carbonyl (C=O) groups is 2. The summed E-state index contributed by atoms with van der Waals surface area (Å²) in [5, 5.41) is 2.64. The zero-order valence-corrected chi connectivity index (χ0v) is 20.0. The molecule has 6 nitrogen and oxygen atoms in total. The van der Waals surface area contributed by atoms with Crippen molar-refractivity contribution in [2.75, 3.05) is 6.56 Å². The molecule has 2 aromatic rings. The molecule has 1 amide bonds. The maximum atomic E-state index is 13.6. The molecule has 2 saturated carbocycles. The monoisotopic (exact) mass is 497 g/mol. The number of amides is 1. The Morgan fingerprint density at radius 2 is 2.19 bits per heavy atom. The van der Waals surface area contributed by atoms with Crippen LogP contribution in [0.5, 0.6) is 0 Å². The van der Waals surface area contributed by atoms with Crippen LogP contribution in [0.25, 0.3) is 17.2 Å². The Bertz CT molecular complexity index is 1320. The molecule has 2 aliphatic carbocycles. The van der Waals surface area contributed by atoms with Gasteiger partial charge in [-0.2, -0.15) is 0 Å². The number of ether oxygens (including phenoxy) is 2. The normalized spacial score (nSPS) is 34.2. The summed E-state index contributed by atoms with van der Waals surface area (Å²) in [4.78, 5) is 29.6.